The van der Waals surface area contributed by atoms with Crippen LogP contribution in [0.5, 0.6) is 5.75 Å². The highest BCUT2D eigenvalue weighted by atomic mass is 32.2. The Hall–Kier alpha value is -2.76. The van der Waals surface area contributed by atoms with E-state index in [0.717, 1.165) is 6.42 Å². The van der Waals surface area contributed by atoms with Gasteiger partial charge in [0, 0.05) is 27.9 Å². The lowest BCUT2D eigenvalue weighted by atomic mass is 10.1. The predicted octanol–water partition coefficient (Wildman–Crippen LogP) is 2.83. The van der Waals surface area contributed by atoms with Gasteiger partial charge in [-0.2, -0.15) is 5.10 Å². The Kier molecular flexibility index (Phi) is 5.97. The molecule has 36 heavy (non-hydrogen) atoms. The third kappa shape index (κ3) is 5.47. The zero-order chi connectivity index (χ0) is 30.9. The van der Waals surface area contributed by atoms with E-state index in [1.54, 1.807) is 7.05 Å². The summed E-state index contributed by atoms with van der Waals surface area (Å²) in [4.78, 5) is 21.7. The molecule has 0 amide bonds. The quantitative estimate of drug-likeness (QED) is 0.397. The van der Waals surface area contributed by atoms with Gasteiger partial charge in [0.2, 0.25) is 10.0 Å². The molecule has 2 aromatic heterocycles. The van der Waals surface area contributed by atoms with Crippen LogP contribution in [0.1, 0.15) is 59.8 Å². The fourth-order valence-electron chi connectivity index (χ4n) is 4.44. The molecular formula is C25H36N6O4S. The Morgan fingerprint density at radius 3 is 2.97 bits per heavy atom. The van der Waals surface area contributed by atoms with Gasteiger partial charge in [-0.1, -0.05) is 20.2 Å². The first-order chi connectivity index (χ1) is 19.6. The number of sulfonamides is 1. The van der Waals surface area contributed by atoms with Crippen LogP contribution in [0.15, 0.2) is 27.9 Å². The van der Waals surface area contributed by atoms with E-state index in [0.29, 0.717) is 43.9 Å². The van der Waals surface area contributed by atoms with E-state index in [2.05, 4.69) is 19.8 Å². The summed E-state index contributed by atoms with van der Waals surface area (Å²) >= 11 is 0. The molecule has 0 spiro atoms. The van der Waals surface area contributed by atoms with Gasteiger partial charge in [0.05, 0.1) is 22.8 Å². The standard InChI is InChI=1S/C25H36N6O4S/c1-5-8-20-22-23(31(4)29-20)25(32)28-24(27-22)19-16-18(10-11-21(19)35-15-6-2)36(33,34)26-13-12-17-9-7-14-30(17)3/h10-11,16-17,26H,5-9,12-15H2,1-4H3,(H,27,28,32)/i1D3,3D3. The number of nitrogens with one attached hydrogen (secondary N) is 2. The fraction of sp³-hybridized carbons (Fsp3) is 0.560. The summed E-state index contributed by atoms with van der Waals surface area (Å²) in [6, 6.07) is 4.00. The minimum Gasteiger partial charge on any atom is -0.493 e. The molecule has 2 N–H and O–H groups in total. The van der Waals surface area contributed by atoms with Crippen molar-refractivity contribution in [1.82, 2.24) is 29.4 Å². The maximum atomic E-state index is 13.3. The lowest BCUT2D eigenvalue weighted by Crippen LogP contribution is -2.31. The van der Waals surface area contributed by atoms with Gasteiger partial charge in [-0.25, -0.2) is 18.1 Å². The van der Waals surface area contributed by atoms with E-state index in [9.17, 15) is 13.2 Å². The molecule has 1 unspecified atom stereocenters. The average Bonchev–Trinajstić information content (AvgIpc) is 3.50. The summed E-state index contributed by atoms with van der Waals surface area (Å²) in [5.41, 5.74) is 0.451. The number of fused-ring (bicyclic) bond motifs is 1. The van der Waals surface area contributed by atoms with Crippen LogP contribution in [0.2, 0.25) is 0 Å². The van der Waals surface area contributed by atoms with E-state index in [4.69, 9.17) is 13.0 Å². The number of hydrogen-bond donors (Lipinski definition) is 2. The van der Waals surface area contributed by atoms with Crippen molar-refractivity contribution in [2.75, 3.05) is 26.7 Å². The number of rotatable bonds is 11. The van der Waals surface area contributed by atoms with Gasteiger partial charge in [-0.05, 0) is 63.8 Å². The molecule has 0 saturated carbocycles. The summed E-state index contributed by atoms with van der Waals surface area (Å²) in [7, 11) is -2.45. The number of hydrogen-bond acceptors (Lipinski definition) is 7. The second-order valence-electron chi connectivity index (χ2n) is 8.86. The second-order valence-corrected chi connectivity index (χ2v) is 10.6. The Labute approximate surface area is 220 Å². The molecule has 0 radical (unpaired) electrons. The minimum atomic E-state index is -4.02. The van der Waals surface area contributed by atoms with Gasteiger partial charge in [-0.3, -0.25) is 9.48 Å². The topological polar surface area (TPSA) is 122 Å². The Balaban J connectivity index is 1.66. The van der Waals surface area contributed by atoms with E-state index < -0.39 is 29.4 Å². The van der Waals surface area contributed by atoms with Gasteiger partial charge in [0.25, 0.3) is 5.56 Å². The first kappa shape index (κ1) is 19.4. The van der Waals surface area contributed by atoms with Crippen molar-refractivity contribution in [3.05, 3.63) is 34.2 Å². The number of H-pyrrole nitrogens is 1. The molecule has 4 rings (SSSR count). The number of aromatic amines is 1. The van der Waals surface area contributed by atoms with Crippen LogP contribution in [0.3, 0.4) is 0 Å². The lowest BCUT2D eigenvalue weighted by Gasteiger charge is -2.19. The Morgan fingerprint density at radius 2 is 2.19 bits per heavy atom. The number of aryl methyl sites for hydroxylation is 2. The van der Waals surface area contributed by atoms with Crippen molar-refractivity contribution < 1.29 is 21.4 Å². The molecule has 11 heteroatoms. The molecule has 0 bridgehead atoms. The third-order valence-corrected chi connectivity index (χ3v) is 7.71. The van der Waals surface area contributed by atoms with Crippen molar-refractivity contribution >= 4 is 21.1 Å². The first-order valence-electron chi connectivity index (χ1n) is 15.1. The largest absolute Gasteiger partial charge is 0.493 e. The summed E-state index contributed by atoms with van der Waals surface area (Å²) in [6.45, 7) is -1.67. The van der Waals surface area contributed by atoms with E-state index in [1.165, 1.54) is 27.8 Å². The van der Waals surface area contributed by atoms with Crippen LogP contribution in [-0.4, -0.2) is 65.8 Å². The first-order valence-corrected chi connectivity index (χ1v) is 13.6. The highest BCUT2D eigenvalue weighted by molar-refractivity contribution is 7.89. The van der Waals surface area contributed by atoms with Gasteiger partial charge in [0.1, 0.15) is 17.1 Å². The number of ether oxygens (including phenoxy) is 1. The monoisotopic (exact) mass is 522 g/mol. The predicted molar refractivity (Wildman–Crippen MR) is 140 cm³/mol. The molecule has 1 aliphatic heterocycles. The molecule has 1 aliphatic rings. The molecule has 0 aliphatic carbocycles. The molecule has 10 nitrogen and oxygen atoms in total. The maximum absolute atomic E-state index is 13.3. The molecule has 1 atom stereocenters. The van der Waals surface area contributed by atoms with Crippen LogP contribution in [0.25, 0.3) is 22.4 Å². The van der Waals surface area contributed by atoms with Crippen LogP contribution in [0.4, 0.5) is 0 Å². The lowest BCUT2D eigenvalue weighted by molar-refractivity contribution is 0.297. The minimum absolute atomic E-state index is 0.0482. The summed E-state index contributed by atoms with van der Waals surface area (Å²) in [5.74, 6) is 0.364. The van der Waals surface area contributed by atoms with Gasteiger partial charge < -0.3 is 14.6 Å². The van der Waals surface area contributed by atoms with E-state index >= 15 is 0 Å². The van der Waals surface area contributed by atoms with Crippen molar-refractivity contribution in [2.24, 2.45) is 7.05 Å². The molecule has 196 valence electrons. The zero-order valence-electron chi connectivity index (χ0n) is 26.5. The Bertz CT molecular complexity index is 1580. The molecule has 1 saturated heterocycles. The summed E-state index contributed by atoms with van der Waals surface area (Å²) in [5, 5.41) is 4.31. The fourth-order valence-corrected chi connectivity index (χ4v) is 5.51. The molecule has 1 aromatic carbocycles. The zero-order valence-corrected chi connectivity index (χ0v) is 21.3. The van der Waals surface area contributed by atoms with Crippen molar-refractivity contribution in [1.29, 1.82) is 0 Å². The second kappa shape index (κ2) is 11.1. The highest BCUT2D eigenvalue weighted by Crippen LogP contribution is 2.31. The number of benzene rings is 1. The summed E-state index contributed by atoms with van der Waals surface area (Å²) in [6.07, 6.45) is 2.36. The average molecular weight is 523 g/mol. The number of likely N-dealkylation sites (tertiary alicyclic amines) is 1. The van der Waals surface area contributed by atoms with Gasteiger partial charge in [0.15, 0.2) is 5.52 Å². The van der Waals surface area contributed by atoms with Gasteiger partial charge in [-0.15, -0.1) is 0 Å². The van der Waals surface area contributed by atoms with Crippen molar-refractivity contribution in [3.63, 3.8) is 0 Å². The van der Waals surface area contributed by atoms with Crippen molar-refractivity contribution in [2.45, 2.75) is 63.2 Å². The van der Waals surface area contributed by atoms with Crippen LogP contribution in [0, 0.1) is 0 Å². The molecule has 1 fully saturated rings. The van der Waals surface area contributed by atoms with E-state index in [-0.39, 0.29) is 52.7 Å². The number of aromatic nitrogens is 4. The SMILES string of the molecule is [2H]C([2H])([2H])CCc1nn(C)c2c(=O)[nH]c(-c3cc(S(=O)(=O)NCCC4CCCN4C([2H])([2H])[2H])ccc3OCCC)nc12. The molecular weight excluding hydrogens is 480 g/mol. The molecule has 3 heterocycles. The Morgan fingerprint density at radius 1 is 1.33 bits per heavy atom. The van der Waals surface area contributed by atoms with E-state index in [1.807, 2.05) is 6.92 Å². The van der Waals surface area contributed by atoms with Crippen LogP contribution < -0.4 is 15.0 Å². The maximum Gasteiger partial charge on any atom is 0.277 e. The smallest absolute Gasteiger partial charge is 0.277 e. The third-order valence-electron chi connectivity index (χ3n) is 6.25. The molecule has 3 aromatic rings. The van der Waals surface area contributed by atoms with Crippen LogP contribution >= 0.6 is 0 Å². The summed E-state index contributed by atoms with van der Waals surface area (Å²) < 4.78 is 82.0. The van der Waals surface area contributed by atoms with Crippen molar-refractivity contribution in [3.8, 4) is 17.1 Å². The number of nitrogens with zero attached hydrogens (tertiary/aromatic N) is 4. The normalized spacial score (nSPS) is 19.9. The van der Waals surface area contributed by atoms with Gasteiger partial charge >= 0.3 is 0 Å². The van der Waals surface area contributed by atoms with Crippen LogP contribution in [-0.2, 0) is 23.5 Å². The highest BCUT2D eigenvalue weighted by Gasteiger charge is 2.23.